The normalized spacial score (nSPS) is 11.3. The fourth-order valence-electron chi connectivity index (χ4n) is 7.16. The van der Waals surface area contributed by atoms with Crippen molar-refractivity contribution >= 4 is 23.7 Å². The standard InChI is InChI=1S/C32H68N.C14H10O4S/c1-5-9-13-17-21-25-29-33(30-26-22-18-14-10-6-2,31-27-23-19-15-11-7-3)32-28-24-20-16-12-8-4;15-13(16)9-5-1-3-7-11(9)19-12-8-4-2-6-10(12)14(17)18/h5-32H2,1-4H3;1-8H,(H,15,16)(H,17,18)/q+1;. The predicted molar refractivity (Wildman–Crippen MR) is 224 cm³/mol. The average molecular weight is 741 g/mol. The molecule has 0 fully saturated rings. The number of carbonyl (C=O) groups is 2. The smallest absolute Gasteiger partial charge is 0.336 e. The van der Waals surface area contributed by atoms with Crippen molar-refractivity contribution in [2.24, 2.45) is 0 Å². The molecular weight excluding hydrogens is 663 g/mol. The number of carboxylic acids is 2. The van der Waals surface area contributed by atoms with Crippen LogP contribution in [0.3, 0.4) is 0 Å². The van der Waals surface area contributed by atoms with Gasteiger partial charge in [0.1, 0.15) is 0 Å². The summed E-state index contributed by atoms with van der Waals surface area (Å²) in [4.78, 5) is 23.2. The predicted octanol–water partition coefficient (Wildman–Crippen LogP) is 14.5. The molecule has 296 valence electrons. The van der Waals surface area contributed by atoms with Crippen molar-refractivity contribution in [1.29, 1.82) is 0 Å². The van der Waals surface area contributed by atoms with Gasteiger partial charge in [0.15, 0.2) is 0 Å². The first-order valence-electron chi connectivity index (χ1n) is 21.5. The van der Waals surface area contributed by atoms with E-state index in [4.69, 9.17) is 10.2 Å². The van der Waals surface area contributed by atoms with Gasteiger partial charge in [-0.15, -0.1) is 0 Å². The van der Waals surface area contributed by atoms with Crippen LogP contribution in [0.2, 0.25) is 0 Å². The van der Waals surface area contributed by atoms with E-state index in [1.54, 1.807) is 36.4 Å². The van der Waals surface area contributed by atoms with E-state index in [9.17, 15) is 9.59 Å². The molecule has 0 bridgehead atoms. The Balaban J connectivity index is 0.000000595. The zero-order chi connectivity index (χ0) is 38.1. The molecule has 2 aromatic rings. The van der Waals surface area contributed by atoms with Gasteiger partial charge in [-0.2, -0.15) is 0 Å². The van der Waals surface area contributed by atoms with E-state index in [0.29, 0.717) is 9.79 Å². The van der Waals surface area contributed by atoms with Crippen LogP contribution in [-0.4, -0.2) is 52.8 Å². The van der Waals surface area contributed by atoms with Crippen LogP contribution in [0.4, 0.5) is 0 Å². The first kappa shape index (κ1) is 47.7. The maximum atomic E-state index is 11.1. The number of hydrogen-bond acceptors (Lipinski definition) is 3. The molecular formula is C46H78NO4S+. The highest BCUT2D eigenvalue weighted by molar-refractivity contribution is 7.99. The van der Waals surface area contributed by atoms with Crippen LogP contribution in [-0.2, 0) is 0 Å². The highest BCUT2D eigenvalue weighted by Crippen LogP contribution is 2.33. The molecule has 0 spiro atoms. The van der Waals surface area contributed by atoms with Crippen molar-refractivity contribution < 1.29 is 24.3 Å². The largest absolute Gasteiger partial charge is 0.478 e. The van der Waals surface area contributed by atoms with Crippen LogP contribution in [0.25, 0.3) is 0 Å². The van der Waals surface area contributed by atoms with E-state index in [0.717, 1.165) is 11.8 Å². The Morgan fingerprint density at radius 2 is 0.673 bits per heavy atom. The number of benzene rings is 2. The first-order chi connectivity index (χ1) is 25.3. The molecule has 0 saturated heterocycles. The van der Waals surface area contributed by atoms with E-state index in [1.807, 2.05) is 0 Å². The van der Waals surface area contributed by atoms with E-state index < -0.39 is 11.9 Å². The Morgan fingerprint density at radius 1 is 0.423 bits per heavy atom. The van der Waals surface area contributed by atoms with Gasteiger partial charge >= 0.3 is 11.9 Å². The van der Waals surface area contributed by atoms with Crippen LogP contribution in [0.1, 0.15) is 203 Å². The van der Waals surface area contributed by atoms with Gasteiger partial charge in [0, 0.05) is 9.79 Å². The fourth-order valence-corrected chi connectivity index (χ4v) is 8.22. The molecule has 0 aliphatic heterocycles. The summed E-state index contributed by atoms with van der Waals surface area (Å²) >= 11 is 1.14. The Morgan fingerprint density at radius 3 is 0.942 bits per heavy atom. The number of quaternary nitrogens is 1. The zero-order valence-corrected chi connectivity index (χ0v) is 34.8. The summed E-state index contributed by atoms with van der Waals surface area (Å²) in [7, 11) is 0. The topological polar surface area (TPSA) is 74.6 Å². The van der Waals surface area contributed by atoms with Gasteiger partial charge in [0.05, 0.1) is 37.3 Å². The Hall–Kier alpha value is -2.31. The molecule has 0 radical (unpaired) electrons. The lowest BCUT2D eigenvalue weighted by Crippen LogP contribution is -2.50. The molecule has 5 nitrogen and oxygen atoms in total. The van der Waals surface area contributed by atoms with Crippen molar-refractivity contribution in [2.75, 3.05) is 26.2 Å². The summed E-state index contributed by atoms with van der Waals surface area (Å²) < 4.78 is 1.48. The Bertz CT molecular complexity index is 1040. The third-order valence-corrected chi connectivity index (χ3v) is 11.6. The molecule has 6 heteroatoms. The summed E-state index contributed by atoms with van der Waals surface area (Å²) in [6.45, 7) is 15.3. The van der Waals surface area contributed by atoms with Gasteiger partial charge in [-0.05, 0) is 75.6 Å². The summed E-state index contributed by atoms with van der Waals surface area (Å²) in [6.07, 6.45) is 34.8. The number of unbranched alkanes of at least 4 members (excludes halogenated alkanes) is 20. The molecule has 0 unspecified atom stereocenters. The van der Waals surface area contributed by atoms with Crippen LogP contribution in [0.15, 0.2) is 58.3 Å². The monoisotopic (exact) mass is 741 g/mol. The minimum absolute atomic E-state index is 0.160. The van der Waals surface area contributed by atoms with Crippen LogP contribution in [0.5, 0.6) is 0 Å². The molecule has 2 rings (SSSR count). The molecule has 2 N–H and O–H groups in total. The summed E-state index contributed by atoms with van der Waals surface area (Å²) in [5.41, 5.74) is 0.320. The van der Waals surface area contributed by atoms with Crippen LogP contribution < -0.4 is 0 Å². The maximum Gasteiger partial charge on any atom is 0.336 e. The summed E-state index contributed by atoms with van der Waals surface area (Å²) in [5, 5.41) is 18.2. The minimum Gasteiger partial charge on any atom is -0.478 e. The minimum atomic E-state index is -1.03. The van der Waals surface area contributed by atoms with E-state index in [-0.39, 0.29) is 11.1 Å². The van der Waals surface area contributed by atoms with Crippen molar-refractivity contribution in [3.05, 3.63) is 59.7 Å². The first-order valence-corrected chi connectivity index (χ1v) is 22.3. The lowest BCUT2D eigenvalue weighted by Gasteiger charge is -2.40. The van der Waals surface area contributed by atoms with Gasteiger partial charge < -0.3 is 14.7 Å². The SMILES string of the molecule is CCCCCCCC[N+](CCCCCCCC)(CCCCCCCC)CCCCCCCC.O=C(O)c1ccccc1Sc1ccccc1C(=O)O. The van der Waals surface area contributed by atoms with Gasteiger partial charge in [-0.25, -0.2) is 9.59 Å². The number of carboxylic acid groups (broad SMARTS) is 2. The number of aromatic carboxylic acids is 2. The van der Waals surface area contributed by atoms with Gasteiger partial charge in [0.2, 0.25) is 0 Å². The Kier molecular flexibility index (Phi) is 29.5. The van der Waals surface area contributed by atoms with Crippen LogP contribution >= 0.6 is 11.8 Å². The van der Waals surface area contributed by atoms with Gasteiger partial charge in [0.25, 0.3) is 0 Å². The molecule has 0 aliphatic rings. The number of hydrogen-bond donors (Lipinski definition) is 2. The lowest BCUT2D eigenvalue weighted by molar-refractivity contribution is -0.929. The maximum absolute atomic E-state index is 11.1. The second-order valence-corrected chi connectivity index (χ2v) is 16.1. The molecule has 0 amide bonds. The molecule has 0 saturated carbocycles. The molecule has 0 heterocycles. The molecule has 2 aromatic carbocycles. The fraction of sp³-hybridized carbons (Fsp3) is 0.696. The van der Waals surface area contributed by atoms with E-state index >= 15 is 0 Å². The quantitative estimate of drug-likeness (QED) is 0.0577. The second kappa shape index (κ2) is 32.1. The van der Waals surface area contributed by atoms with Crippen molar-refractivity contribution in [2.45, 2.75) is 192 Å². The third kappa shape index (κ3) is 22.7. The van der Waals surface area contributed by atoms with Crippen molar-refractivity contribution in [3.8, 4) is 0 Å². The summed E-state index contributed by atoms with van der Waals surface area (Å²) in [6, 6.07) is 13.0. The van der Waals surface area contributed by atoms with E-state index in [1.165, 1.54) is 197 Å². The summed E-state index contributed by atoms with van der Waals surface area (Å²) in [5.74, 6) is -2.06. The average Bonchev–Trinajstić information content (AvgIpc) is 3.14. The zero-order valence-electron chi connectivity index (χ0n) is 34.0. The highest BCUT2D eigenvalue weighted by atomic mass is 32.2. The van der Waals surface area contributed by atoms with Crippen LogP contribution in [0, 0.1) is 0 Å². The Labute approximate surface area is 324 Å². The van der Waals surface area contributed by atoms with Crippen molar-refractivity contribution in [1.82, 2.24) is 0 Å². The lowest BCUT2D eigenvalue weighted by atomic mass is 10.0. The molecule has 52 heavy (non-hydrogen) atoms. The highest BCUT2D eigenvalue weighted by Gasteiger charge is 2.25. The van der Waals surface area contributed by atoms with Crippen molar-refractivity contribution in [3.63, 3.8) is 0 Å². The molecule has 0 aliphatic carbocycles. The number of nitrogens with zero attached hydrogens (tertiary/aromatic N) is 1. The van der Waals surface area contributed by atoms with Gasteiger partial charge in [-0.3, -0.25) is 0 Å². The molecule has 0 atom stereocenters. The van der Waals surface area contributed by atoms with E-state index in [2.05, 4.69) is 27.7 Å². The van der Waals surface area contributed by atoms with Gasteiger partial charge in [-0.1, -0.05) is 166 Å². The molecule has 0 aromatic heterocycles. The third-order valence-electron chi connectivity index (χ3n) is 10.4. The number of rotatable bonds is 32. The second-order valence-electron chi connectivity index (χ2n) is 15.0.